The Hall–Kier alpha value is -3.49. The van der Waals surface area contributed by atoms with Crippen LogP contribution in [-0.4, -0.2) is 34.2 Å². The maximum Gasteiger partial charge on any atom is 0.274 e. The number of hydrogen-bond acceptors (Lipinski definition) is 7. The van der Waals surface area contributed by atoms with Crippen molar-refractivity contribution in [1.82, 2.24) is 10.4 Å². The summed E-state index contributed by atoms with van der Waals surface area (Å²) in [5.41, 5.74) is 2.28. The van der Waals surface area contributed by atoms with Crippen LogP contribution in [0.4, 0.5) is 5.69 Å². The largest absolute Gasteiger partial charge is 0.504 e. The van der Waals surface area contributed by atoms with Gasteiger partial charge in [-0.3, -0.25) is 19.9 Å². The van der Waals surface area contributed by atoms with E-state index in [4.69, 9.17) is 4.74 Å². The van der Waals surface area contributed by atoms with Crippen LogP contribution in [0.25, 0.3) is 0 Å². The van der Waals surface area contributed by atoms with Crippen molar-refractivity contribution in [2.24, 2.45) is 5.10 Å². The van der Waals surface area contributed by atoms with E-state index in [1.54, 1.807) is 12.1 Å². The highest BCUT2D eigenvalue weighted by Gasteiger charge is 2.15. The molecule has 0 unspecified atom stereocenters. The Balaban J connectivity index is 2.20. The van der Waals surface area contributed by atoms with Crippen LogP contribution in [0, 0.1) is 10.1 Å². The van der Waals surface area contributed by atoms with Gasteiger partial charge in [0.2, 0.25) is 0 Å². The van der Waals surface area contributed by atoms with E-state index in [0.717, 1.165) is 18.3 Å². The van der Waals surface area contributed by atoms with E-state index >= 15 is 0 Å². The fourth-order valence-electron chi connectivity index (χ4n) is 1.70. The molecule has 2 aromatic rings. The molecule has 1 aromatic heterocycles. The first-order valence-corrected chi connectivity index (χ1v) is 6.31. The van der Waals surface area contributed by atoms with Crippen molar-refractivity contribution >= 4 is 17.8 Å². The molecule has 0 atom stereocenters. The molecule has 0 aliphatic rings. The lowest BCUT2D eigenvalue weighted by molar-refractivity contribution is -0.385. The number of aromatic nitrogens is 1. The second-order valence-electron chi connectivity index (χ2n) is 4.28. The standard InChI is InChI=1S/C14H12N4O5/c1-23-12-6-11(18(21)22)5-10(13(12)19)8-16-17-14(20)9-3-2-4-15-7-9/h2-8,19H,1H3,(H,17,20)/b16-8+. The van der Waals surface area contributed by atoms with Crippen molar-refractivity contribution in [1.29, 1.82) is 0 Å². The number of hydrazone groups is 1. The van der Waals surface area contributed by atoms with Gasteiger partial charge in [-0.1, -0.05) is 0 Å². The van der Waals surface area contributed by atoms with Crippen LogP contribution in [0.2, 0.25) is 0 Å². The third-order valence-corrected chi connectivity index (χ3v) is 2.81. The number of phenolic OH excluding ortho intramolecular Hbond substituents is 1. The SMILES string of the molecule is COc1cc([N+](=O)[O-])cc(/C=N/NC(=O)c2cccnc2)c1O. The number of aromatic hydroxyl groups is 1. The predicted molar refractivity (Wildman–Crippen MR) is 80.6 cm³/mol. The number of nitrogens with one attached hydrogen (secondary N) is 1. The topological polar surface area (TPSA) is 127 Å². The lowest BCUT2D eigenvalue weighted by atomic mass is 10.2. The molecule has 0 saturated carbocycles. The number of nitro benzene ring substituents is 1. The quantitative estimate of drug-likeness (QED) is 0.488. The summed E-state index contributed by atoms with van der Waals surface area (Å²) in [5.74, 6) is -0.900. The van der Waals surface area contributed by atoms with Crippen molar-refractivity contribution in [3.63, 3.8) is 0 Å². The number of amides is 1. The second-order valence-corrected chi connectivity index (χ2v) is 4.28. The van der Waals surface area contributed by atoms with Gasteiger partial charge < -0.3 is 9.84 Å². The molecule has 1 amide bonds. The molecule has 2 N–H and O–H groups in total. The van der Waals surface area contributed by atoms with E-state index in [-0.39, 0.29) is 22.7 Å². The highest BCUT2D eigenvalue weighted by atomic mass is 16.6. The minimum Gasteiger partial charge on any atom is -0.504 e. The molecule has 1 aromatic carbocycles. The summed E-state index contributed by atoms with van der Waals surface area (Å²) in [7, 11) is 1.27. The maximum atomic E-state index is 11.8. The average Bonchev–Trinajstić information content (AvgIpc) is 2.56. The normalized spacial score (nSPS) is 10.5. The van der Waals surface area contributed by atoms with Gasteiger partial charge >= 0.3 is 0 Å². The first-order valence-electron chi connectivity index (χ1n) is 6.31. The summed E-state index contributed by atoms with van der Waals surface area (Å²) in [6.07, 6.45) is 3.96. The molecule has 0 saturated heterocycles. The first kappa shape index (κ1) is 15.9. The van der Waals surface area contributed by atoms with E-state index in [9.17, 15) is 20.0 Å². The van der Waals surface area contributed by atoms with Crippen molar-refractivity contribution in [3.05, 3.63) is 57.9 Å². The number of carbonyl (C=O) groups is 1. The maximum absolute atomic E-state index is 11.8. The summed E-state index contributed by atoms with van der Waals surface area (Å²) >= 11 is 0. The lowest BCUT2D eigenvalue weighted by Gasteiger charge is -2.06. The van der Waals surface area contributed by atoms with Gasteiger partial charge in [0.05, 0.1) is 29.9 Å². The Morgan fingerprint density at radius 1 is 1.52 bits per heavy atom. The van der Waals surface area contributed by atoms with E-state index in [2.05, 4.69) is 15.5 Å². The van der Waals surface area contributed by atoms with Gasteiger partial charge in [-0.05, 0) is 12.1 Å². The molecular formula is C14H12N4O5. The van der Waals surface area contributed by atoms with Crippen molar-refractivity contribution in [2.45, 2.75) is 0 Å². The summed E-state index contributed by atoms with van der Waals surface area (Å²) in [6, 6.07) is 5.33. The fourth-order valence-corrected chi connectivity index (χ4v) is 1.70. The van der Waals surface area contributed by atoms with Crippen LogP contribution in [0.5, 0.6) is 11.5 Å². The summed E-state index contributed by atoms with van der Waals surface area (Å²) in [6.45, 7) is 0. The number of nitro groups is 1. The van der Waals surface area contributed by atoms with Gasteiger partial charge in [0.15, 0.2) is 11.5 Å². The number of benzene rings is 1. The molecule has 0 aliphatic heterocycles. The van der Waals surface area contributed by atoms with Gasteiger partial charge in [-0.25, -0.2) is 5.43 Å². The van der Waals surface area contributed by atoms with Crippen LogP contribution < -0.4 is 10.2 Å². The van der Waals surface area contributed by atoms with Crippen LogP contribution in [0.15, 0.2) is 41.8 Å². The Bertz CT molecular complexity index is 761. The monoisotopic (exact) mass is 316 g/mol. The number of nitrogens with zero attached hydrogens (tertiary/aromatic N) is 3. The Kier molecular flexibility index (Phi) is 4.82. The zero-order valence-corrected chi connectivity index (χ0v) is 12.0. The van der Waals surface area contributed by atoms with E-state index in [0.29, 0.717) is 5.56 Å². The minimum absolute atomic E-state index is 0.0301. The van der Waals surface area contributed by atoms with Gasteiger partial charge in [0.25, 0.3) is 11.6 Å². The average molecular weight is 316 g/mol. The third kappa shape index (κ3) is 3.79. The molecule has 0 radical (unpaired) electrons. The number of phenols is 1. The first-order chi connectivity index (χ1) is 11.0. The number of methoxy groups -OCH3 is 1. The molecule has 9 heteroatoms. The smallest absolute Gasteiger partial charge is 0.274 e. The van der Waals surface area contributed by atoms with Gasteiger partial charge in [0, 0.05) is 24.0 Å². The minimum atomic E-state index is -0.631. The molecule has 23 heavy (non-hydrogen) atoms. The fraction of sp³-hybridized carbons (Fsp3) is 0.0714. The van der Waals surface area contributed by atoms with E-state index < -0.39 is 10.8 Å². The zero-order chi connectivity index (χ0) is 16.8. The molecule has 1 heterocycles. The molecule has 0 fully saturated rings. The second kappa shape index (κ2) is 6.98. The van der Waals surface area contributed by atoms with Crippen LogP contribution in [0.3, 0.4) is 0 Å². The van der Waals surface area contributed by atoms with Crippen LogP contribution in [-0.2, 0) is 0 Å². The molecule has 2 rings (SSSR count). The molecule has 9 nitrogen and oxygen atoms in total. The number of non-ortho nitro benzene ring substituents is 1. The number of pyridine rings is 1. The van der Waals surface area contributed by atoms with Crippen LogP contribution in [0.1, 0.15) is 15.9 Å². The number of hydrogen-bond donors (Lipinski definition) is 2. The highest BCUT2D eigenvalue weighted by molar-refractivity contribution is 5.95. The third-order valence-electron chi connectivity index (χ3n) is 2.81. The van der Waals surface area contributed by atoms with Crippen molar-refractivity contribution < 1.29 is 19.6 Å². The predicted octanol–water partition coefficient (Wildman–Crippen LogP) is 1.47. The zero-order valence-electron chi connectivity index (χ0n) is 12.0. The number of carbonyl (C=O) groups excluding carboxylic acids is 1. The molecule has 0 bridgehead atoms. The van der Waals surface area contributed by atoms with Crippen molar-refractivity contribution in [2.75, 3.05) is 7.11 Å². The summed E-state index contributed by atoms with van der Waals surface area (Å²) in [5, 5.41) is 24.4. The highest BCUT2D eigenvalue weighted by Crippen LogP contribution is 2.33. The Morgan fingerprint density at radius 2 is 2.30 bits per heavy atom. The van der Waals surface area contributed by atoms with E-state index in [1.807, 2.05) is 0 Å². The molecule has 0 aliphatic carbocycles. The van der Waals surface area contributed by atoms with Gasteiger partial charge in [0.1, 0.15) is 0 Å². The van der Waals surface area contributed by atoms with Gasteiger partial charge in [-0.2, -0.15) is 5.10 Å². The van der Waals surface area contributed by atoms with Gasteiger partial charge in [-0.15, -0.1) is 0 Å². The molecule has 0 spiro atoms. The summed E-state index contributed by atoms with van der Waals surface area (Å²) < 4.78 is 4.86. The van der Waals surface area contributed by atoms with Crippen molar-refractivity contribution in [3.8, 4) is 11.5 Å². The summed E-state index contributed by atoms with van der Waals surface area (Å²) in [4.78, 5) is 25.8. The Labute approximate surface area is 130 Å². The van der Waals surface area contributed by atoms with E-state index in [1.165, 1.54) is 19.5 Å². The lowest BCUT2D eigenvalue weighted by Crippen LogP contribution is -2.17. The molecule has 118 valence electrons. The Morgan fingerprint density at radius 3 is 2.91 bits per heavy atom. The van der Waals surface area contributed by atoms with Crippen LogP contribution >= 0.6 is 0 Å². The number of rotatable bonds is 5. The molecular weight excluding hydrogens is 304 g/mol. The number of ether oxygens (including phenoxy) is 1.